The monoisotopic (exact) mass is 264 g/mol. The molecule has 1 unspecified atom stereocenters. The van der Waals surface area contributed by atoms with Gasteiger partial charge in [-0.15, -0.1) is 13.2 Å². The van der Waals surface area contributed by atoms with E-state index in [-0.39, 0.29) is 13.0 Å². The first-order chi connectivity index (χ1) is 7.18. The van der Waals surface area contributed by atoms with Gasteiger partial charge in [-0.05, 0) is 0 Å². The smallest absolute Gasteiger partial charge is 0.430 e. The van der Waals surface area contributed by atoms with Crippen LogP contribution in [-0.2, 0) is 23.8 Å². The number of rotatable bonds is 4. The molecule has 0 saturated carbocycles. The molecule has 0 aromatic rings. The minimum absolute atomic E-state index is 0.180. The summed E-state index contributed by atoms with van der Waals surface area (Å²) < 4.78 is 68.0. The van der Waals surface area contributed by atoms with Gasteiger partial charge in [0.05, 0.1) is 5.75 Å². The van der Waals surface area contributed by atoms with Crippen LogP contribution in [0.1, 0.15) is 6.42 Å². The average molecular weight is 264 g/mol. The molecule has 1 saturated heterocycles. The third kappa shape index (κ3) is 4.66. The van der Waals surface area contributed by atoms with Gasteiger partial charge in [0.1, 0.15) is 12.7 Å². The largest absolute Gasteiger partial charge is 0.537 e. The lowest BCUT2D eigenvalue weighted by Crippen LogP contribution is -2.24. The second-order valence-corrected chi connectivity index (χ2v) is 4.57. The van der Waals surface area contributed by atoms with E-state index in [1.807, 2.05) is 0 Å². The van der Waals surface area contributed by atoms with Gasteiger partial charge >= 0.3 is 12.5 Å². The van der Waals surface area contributed by atoms with Gasteiger partial charge in [0, 0.05) is 6.42 Å². The van der Waals surface area contributed by atoms with E-state index in [4.69, 9.17) is 0 Å². The number of alkyl halides is 3. The molecule has 0 aromatic carbocycles. The summed E-state index contributed by atoms with van der Waals surface area (Å²) >= 11 is 0. The summed E-state index contributed by atoms with van der Waals surface area (Å²) in [5, 5.41) is 0. The van der Waals surface area contributed by atoms with Crippen molar-refractivity contribution in [1.29, 1.82) is 0 Å². The molecule has 0 N–H and O–H groups in total. The molecule has 16 heavy (non-hydrogen) atoms. The number of cyclic esters (lactones) is 2. The Balaban J connectivity index is 2.39. The molecule has 0 amide bonds. The van der Waals surface area contributed by atoms with Crippen molar-refractivity contribution < 1.29 is 40.0 Å². The summed E-state index contributed by atoms with van der Waals surface area (Å²) in [6.07, 6.45) is -7.40. The third-order valence-corrected chi connectivity index (χ3v) is 2.74. The molecule has 1 aliphatic rings. The Hall–Kier alpha value is -1.03. The van der Waals surface area contributed by atoms with Crippen molar-refractivity contribution in [2.75, 3.05) is 12.4 Å². The van der Waals surface area contributed by atoms with Crippen LogP contribution in [0.25, 0.3) is 0 Å². The van der Waals surface area contributed by atoms with Crippen LogP contribution >= 0.6 is 0 Å². The highest BCUT2D eigenvalue weighted by Crippen LogP contribution is 2.21. The first-order valence-corrected chi connectivity index (χ1v) is 5.59. The van der Waals surface area contributed by atoms with Gasteiger partial charge in [-0.1, -0.05) is 0 Å². The van der Waals surface area contributed by atoms with Crippen LogP contribution in [0, 0.1) is 0 Å². The van der Waals surface area contributed by atoms with Gasteiger partial charge in [-0.3, -0.25) is 0 Å². The maximum Gasteiger partial charge on any atom is 0.537 e. The molecule has 1 rings (SSSR count). The maximum absolute atomic E-state index is 11.6. The molecular formula is C6H7F3O6S. The summed E-state index contributed by atoms with van der Waals surface area (Å²) in [5.74, 6) is -0.909. The molecule has 94 valence electrons. The molecule has 1 fully saturated rings. The molecule has 0 aliphatic carbocycles. The van der Waals surface area contributed by atoms with Crippen molar-refractivity contribution in [3.63, 3.8) is 0 Å². The number of carbonyl (C=O) groups is 1. The molecule has 0 radical (unpaired) electrons. The Bertz CT molecular complexity index is 361. The van der Waals surface area contributed by atoms with Crippen LogP contribution in [0.15, 0.2) is 0 Å². The molecular weight excluding hydrogens is 257 g/mol. The van der Waals surface area contributed by atoms with Crippen LogP contribution in [0.4, 0.5) is 18.0 Å². The summed E-state index contributed by atoms with van der Waals surface area (Å²) in [6, 6.07) is 0. The second-order valence-electron chi connectivity index (χ2n) is 2.88. The average Bonchev–Trinajstić information content (AvgIpc) is 2.44. The van der Waals surface area contributed by atoms with Crippen molar-refractivity contribution >= 4 is 16.3 Å². The quantitative estimate of drug-likeness (QED) is 0.551. The number of ether oxygens (including phenoxy) is 2. The SMILES string of the molecule is O=C1OCC(CCS(=O)(=O)OC(F)(F)F)O1. The first-order valence-electron chi connectivity index (χ1n) is 4.01. The van der Waals surface area contributed by atoms with E-state index >= 15 is 0 Å². The van der Waals surface area contributed by atoms with Crippen LogP contribution in [-0.4, -0.2) is 39.4 Å². The van der Waals surface area contributed by atoms with Gasteiger partial charge in [0.15, 0.2) is 0 Å². The van der Waals surface area contributed by atoms with Gasteiger partial charge < -0.3 is 9.47 Å². The molecule has 1 aliphatic heterocycles. The lowest BCUT2D eigenvalue weighted by Gasteiger charge is -2.09. The zero-order valence-corrected chi connectivity index (χ0v) is 8.51. The van der Waals surface area contributed by atoms with E-state index < -0.39 is 34.5 Å². The van der Waals surface area contributed by atoms with Crippen molar-refractivity contribution in [2.45, 2.75) is 18.9 Å². The topological polar surface area (TPSA) is 78.9 Å². The molecule has 0 aromatic heterocycles. The second kappa shape index (κ2) is 4.45. The van der Waals surface area contributed by atoms with E-state index in [0.717, 1.165) is 0 Å². The fraction of sp³-hybridized carbons (Fsp3) is 0.833. The van der Waals surface area contributed by atoms with Crippen molar-refractivity contribution in [3.05, 3.63) is 0 Å². The van der Waals surface area contributed by atoms with Gasteiger partial charge in [0.2, 0.25) is 0 Å². The fourth-order valence-electron chi connectivity index (χ4n) is 0.969. The first kappa shape index (κ1) is 13.0. The maximum atomic E-state index is 11.6. The van der Waals surface area contributed by atoms with E-state index in [1.54, 1.807) is 0 Å². The van der Waals surface area contributed by atoms with Crippen molar-refractivity contribution in [3.8, 4) is 0 Å². The summed E-state index contributed by atoms with van der Waals surface area (Å²) in [7, 11) is -4.72. The molecule has 0 bridgehead atoms. The zero-order valence-electron chi connectivity index (χ0n) is 7.69. The highest BCUT2D eigenvalue weighted by Gasteiger charge is 2.37. The van der Waals surface area contributed by atoms with E-state index in [0.29, 0.717) is 0 Å². The van der Waals surface area contributed by atoms with Crippen LogP contribution in [0.2, 0.25) is 0 Å². The number of carbonyl (C=O) groups excluding carboxylic acids is 1. The highest BCUT2D eigenvalue weighted by molar-refractivity contribution is 7.86. The molecule has 1 atom stereocenters. The zero-order chi connectivity index (χ0) is 12.4. The Labute approximate surface area is 88.4 Å². The Morgan fingerprint density at radius 2 is 2.06 bits per heavy atom. The lowest BCUT2D eigenvalue weighted by molar-refractivity contribution is -0.271. The van der Waals surface area contributed by atoms with Crippen LogP contribution in [0.3, 0.4) is 0 Å². The minimum Gasteiger partial charge on any atom is -0.430 e. The number of hydrogen-bond acceptors (Lipinski definition) is 6. The number of halogens is 3. The van der Waals surface area contributed by atoms with Crippen molar-refractivity contribution in [1.82, 2.24) is 0 Å². The molecule has 1 heterocycles. The van der Waals surface area contributed by atoms with Crippen molar-refractivity contribution in [2.24, 2.45) is 0 Å². The van der Waals surface area contributed by atoms with Gasteiger partial charge in [-0.25, -0.2) is 4.79 Å². The molecule has 0 spiro atoms. The summed E-state index contributed by atoms with van der Waals surface area (Å²) in [5.41, 5.74) is 0. The predicted octanol–water partition coefficient (Wildman–Crippen LogP) is 0.778. The van der Waals surface area contributed by atoms with Crippen LogP contribution < -0.4 is 0 Å². The Morgan fingerprint density at radius 1 is 1.44 bits per heavy atom. The normalized spacial score (nSPS) is 21.7. The van der Waals surface area contributed by atoms with E-state index in [2.05, 4.69) is 13.7 Å². The number of hydrogen-bond donors (Lipinski definition) is 0. The third-order valence-electron chi connectivity index (χ3n) is 1.56. The summed E-state index contributed by atoms with van der Waals surface area (Å²) in [6.45, 7) is -0.180. The molecule has 10 heteroatoms. The highest BCUT2D eigenvalue weighted by atomic mass is 32.2. The molecule has 6 nitrogen and oxygen atoms in total. The standard InChI is InChI=1S/C6H7F3O6S/c7-6(8,9)15-16(11,12)2-1-4-3-13-5(10)14-4/h4H,1-3H2. The van der Waals surface area contributed by atoms with E-state index in [9.17, 15) is 26.4 Å². The van der Waals surface area contributed by atoms with Gasteiger partial charge in [-0.2, -0.15) is 12.6 Å². The van der Waals surface area contributed by atoms with Crippen LogP contribution in [0.5, 0.6) is 0 Å². The fourth-order valence-corrected chi connectivity index (χ4v) is 1.89. The Kier molecular flexibility index (Phi) is 3.63. The Morgan fingerprint density at radius 3 is 2.50 bits per heavy atom. The van der Waals surface area contributed by atoms with Gasteiger partial charge in [0.25, 0.3) is 10.1 Å². The van der Waals surface area contributed by atoms with E-state index in [1.165, 1.54) is 0 Å². The lowest BCUT2D eigenvalue weighted by atomic mass is 10.3. The predicted molar refractivity (Wildman–Crippen MR) is 41.8 cm³/mol. The minimum atomic E-state index is -5.25. The summed E-state index contributed by atoms with van der Waals surface area (Å²) in [4.78, 5) is 10.4.